The monoisotopic (exact) mass is 251 g/mol. The Morgan fingerprint density at radius 3 is 2.58 bits per heavy atom. The second-order valence-corrected chi connectivity index (χ2v) is 5.00. The molecule has 0 N–H and O–H groups in total. The SMILES string of the molecule is O=C(c1oc2ccccc2c1-n1cccc1)C1CC1. The Hall–Kier alpha value is -2.29. The molecule has 1 aromatic carbocycles. The summed E-state index contributed by atoms with van der Waals surface area (Å²) in [6, 6.07) is 11.7. The third-order valence-electron chi connectivity index (χ3n) is 3.60. The van der Waals surface area contributed by atoms with Crippen molar-refractivity contribution in [2.24, 2.45) is 5.92 Å². The number of carbonyl (C=O) groups is 1. The lowest BCUT2D eigenvalue weighted by molar-refractivity contribution is 0.0942. The Labute approximate surface area is 110 Å². The van der Waals surface area contributed by atoms with Crippen molar-refractivity contribution < 1.29 is 9.21 Å². The van der Waals surface area contributed by atoms with Crippen LogP contribution in [0, 0.1) is 5.92 Å². The number of Topliss-reactive ketones (excluding diaryl/α,β-unsaturated/α-hetero) is 1. The van der Waals surface area contributed by atoms with Crippen LogP contribution in [-0.4, -0.2) is 10.4 Å². The first-order valence-electron chi connectivity index (χ1n) is 6.53. The molecule has 0 saturated heterocycles. The van der Waals surface area contributed by atoms with E-state index < -0.39 is 0 Å². The Morgan fingerprint density at radius 2 is 1.84 bits per heavy atom. The van der Waals surface area contributed by atoms with E-state index in [9.17, 15) is 4.79 Å². The fourth-order valence-electron chi connectivity index (χ4n) is 2.47. The van der Waals surface area contributed by atoms with Crippen molar-refractivity contribution in [1.82, 2.24) is 4.57 Å². The van der Waals surface area contributed by atoms with Crippen molar-refractivity contribution in [2.75, 3.05) is 0 Å². The molecule has 0 aliphatic heterocycles. The van der Waals surface area contributed by atoms with Crippen LogP contribution in [-0.2, 0) is 0 Å². The van der Waals surface area contributed by atoms with E-state index in [-0.39, 0.29) is 11.7 Å². The molecule has 0 bridgehead atoms. The summed E-state index contributed by atoms with van der Waals surface area (Å²) < 4.78 is 7.78. The van der Waals surface area contributed by atoms with Gasteiger partial charge in [0.1, 0.15) is 11.3 Å². The van der Waals surface area contributed by atoms with Crippen LogP contribution < -0.4 is 0 Å². The highest BCUT2D eigenvalue weighted by atomic mass is 16.3. The maximum Gasteiger partial charge on any atom is 0.203 e. The maximum atomic E-state index is 12.4. The third kappa shape index (κ3) is 1.62. The summed E-state index contributed by atoms with van der Waals surface area (Å²) in [5.74, 6) is 0.801. The summed E-state index contributed by atoms with van der Waals surface area (Å²) in [5.41, 5.74) is 1.65. The highest BCUT2D eigenvalue weighted by Crippen LogP contribution is 2.37. The van der Waals surface area contributed by atoms with Crippen LogP contribution in [0.25, 0.3) is 16.7 Å². The predicted octanol–water partition coefficient (Wildman–Crippen LogP) is 3.82. The van der Waals surface area contributed by atoms with Crippen LogP contribution in [0.15, 0.2) is 53.2 Å². The van der Waals surface area contributed by atoms with Gasteiger partial charge in [-0.2, -0.15) is 0 Å². The summed E-state index contributed by atoms with van der Waals surface area (Å²) in [6.07, 6.45) is 5.87. The van der Waals surface area contributed by atoms with Crippen molar-refractivity contribution in [2.45, 2.75) is 12.8 Å². The number of rotatable bonds is 3. The van der Waals surface area contributed by atoms with Crippen LogP contribution >= 0.6 is 0 Å². The molecule has 0 atom stereocenters. The first kappa shape index (κ1) is 10.6. The van der Waals surface area contributed by atoms with Crippen molar-refractivity contribution in [3.63, 3.8) is 0 Å². The average Bonchev–Trinajstić information content (AvgIpc) is 3.01. The Kier molecular flexibility index (Phi) is 2.15. The summed E-state index contributed by atoms with van der Waals surface area (Å²) in [6.45, 7) is 0. The third-order valence-corrected chi connectivity index (χ3v) is 3.60. The van der Waals surface area contributed by atoms with Gasteiger partial charge in [0.25, 0.3) is 0 Å². The molecule has 2 heterocycles. The first-order valence-corrected chi connectivity index (χ1v) is 6.53. The summed E-state index contributed by atoms with van der Waals surface area (Å²) in [5, 5.41) is 0.989. The molecule has 2 aromatic heterocycles. The van der Waals surface area contributed by atoms with Gasteiger partial charge in [-0.25, -0.2) is 0 Å². The minimum absolute atomic E-state index is 0.139. The molecule has 1 aliphatic carbocycles. The molecule has 94 valence electrons. The van der Waals surface area contributed by atoms with Gasteiger partial charge in [0, 0.05) is 23.7 Å². The zero-order valence-electron chi connectivity index (χ0n) is 10.4. The van der Waals surface area contributed by atoms with Crippen LogP contribution in [0.4, 0.5) is 0 Å². The topological polar surface area (TPSA) is 35.1 Å². The standard InChI is InChI=1S/C16H13NO2/c18-15(11-7-8-11)16-14(17-9-3-4-10-17)12-5-1-2-6-13(12)19-16/h1-6,9-11H,7-8H2. The van der Waals surface area contributed by atoms with Gasteiger partial charge >= 0.3 is 0 Å². The van der Waals surface area contributed by atoms with E-state index in [2.05, 4.69) is 0 Å². The molecule has 0 spiro atoms. The van der Waals surface area contributed by atoms with E-state index in [1.807, 2.05) is 53.4 Å². The number of aromatic nitrogens is 1. The van der Waals surface area contributed by atoms with Crippen molar-refractivity contribution in [3.8, 4) is 5.69 Å². The Balaban J connectivity index is 2.01. The normalized spacial score (nSPS) is 14.9. The van der Waals surface area contributed by atoms with Gasteiger partial charge in [-0.05, 0) is 37.1 Å². The zero-order valence-corrected chi connectivity index (χ0v) is 10.4. The second-order valence-electron chi connectivity index (χ2n) is 5.00. The largest absolute Gasteiger partial charge is 0.451 e. The van der Waals surface area contributed by atoms with Crippen molar-refractivity contribution in [3.05, 3.63) is 54.6 Å². The van der Waals surface area contributed by atoms with Crippen molar-refractivity contribution in [1.29, 1.82) is 0 Å². The molecule has 0 radical (unpaired) electrons. The Bertz CT molecular complexity index is 748. The van der Waals surface area contributed by atoms with Gasteiger partial charge in [0.05, 0.1) is 0 Å². The van der Waals surface area contributed by atoms with E-state index in [4.69, 9.17) is 4.42 Å². The molecule has 0 unspecified atom stereocenters. The highest BCUT2D eigenvalue weighted by Gasteiger charge is 2.35. The molecule has 1 fully saturated rings. The van der Waals surface area contributed by atoms with Gasteiger partial charge in [-0.1, -0.05) is 12.1 Å². The van der Waals surface area contributed by atoms with E-state index in [0.29, 0.717) is 5.76 Å². The lowest BCUT2D eigenvalue weighted by Gasteiger charge is -2.03. The fourth-order valence-corrected chi connectivity index (χ4v) is 2.47. The molecule has 3 nitrogen and oxygen atoms in total. The summed E-state index contributed by atoms with van der Waals surface area (Å²) in [4.78, 5) is 12.4. The van der Waals surface area contributed by atoms with Gasteiger partial charge in [-0.3, -0.25) is 4.79 Å². The zero-order chi connectivity index (χ0) is 12.8. The van der Waals surface area contributed by atoms with Crippen LogP contribution in [0.5, 0.6) is 0 Å². The minimum atomic E-state index is 0.139. The summed E-state index contributed by atoms with van der Waals surface area (Å²) in [7, 11) is 0. The fraction of sp³-hybridized carbons (Fsp3) is 0.188. The molecule has 19 heavy (non-hydrogen) atoms. The van der Waals surface area contributed by atoms with Gasteiger partial charge in [-0.15, -0.1) is 0 Å². The number of carbonyl (C=O) groups excluding carboxylic acids is 1. The molecule has 4 rings (SSSR count). The van der Waals surface area contributed by atoms with E-state index in [1.165, 1.54) is 0 Å². The first-order chi connectivity index (χ1) is 9.34. The molecule has 3 aromatic rings. The van der Waals surface area contributed by atoms with E-state index >= 15 is 0 Å². The number of fused-ring (bicyclic) bond motifs is 1. The number of nitrogens with zero attached hydrogens (tertiary/aromatic N) is 1. The highest BCUT2D eigenvalue weighted by molar-refractivity contribution is 6.06. The van der Waals surface area contributed by atoms with E-state index in [0.717, 1.165) is 29.5 Å². The molecule has 1 aliphatic rings. The van der Waals surface area contributed by atoms with Crippen molar-refractivity contribution >= 4 is 16.8 Å². The lowest BCUT2D eigenvalue weighted by atomic mass is 10.1. The summed E-state index contributed by atoms with van der Waals surface area (Å²) >= 11 is 0. The molecular formula is C16H13NO2. The number of furan rings is 1. The number of benzene rings is 1. The average molecular weight is 251 g/mol. The van der Waals surface area contributed by atoms with E-state index in [1.54, 1.807) is 0 Å². The number of hydrogen-bond acceptors (Lipinski definition) is 2. The lowest BCUT2D eigenvalue weighted by Crippen LogP contribution is -2.04. The number of ketones is 1. The predicted molar refractivity (Wildman–Crippen MR) is 72.6 cm³/mol. The van der Waals surface area contributed by atoms with Crippen LogP contribution in [0.3, 0.4) is 0 Å². The Morgan fingerprint density at radius 1 is 1.11 bits per heavy atom. The van der Waals surface area contributed by atoms with Crippen LogP contribution in [0.1, 0.15) is 23.4 Å². The molecule has 0 amide bonds. The maximum absolute atomic E-state index is 12.4. The molecule has 1 saturated carbocycles. The van der Waals surface area contributed by atoms with Gasteiger partial charge < -0.3 is 8.98 Å². The smallest absolute Gasteiger partial charge is 0.203 e. The minimum Gasteiger partial charge on any atom is -0.451 e. The van der Waals surface area contributed by atoms with Crippen LogP contribution in [0.2, 0.25) is 0 Å². The molecular weight excluding hydrogens is 238 g/mol. The van der Waals surface area contributed by atoms with Gasteiger partial charge in [0.2, 0.25) is 5.78 Å². The number of para-hydroxylation sites is 1. The second kappa shape index (κ2) is 3.85. The molecule has 3 heteroatoms. The quantitative estimate of drug-likeness (QED) is 0.663. The number of hydrogen-bond donors (Lipinski definition) is 0. The van der Waals surface area contributed by atoms with Gasteiger partial charge in [0.15, 0.2) is 5.76 Å².